The van der Waals surface area contributed by atoms with Gasteiger partial charge in [-0.05, 0) is 37.3 Å². The van der Waals surface area contributed by atoms with E-state index in [0.29, 0.717) is 13.0 Å². The zero-order chi connectivity index (χ0) is 14.2. The number of hydrogen-bond acceptors (Lipinski definition) is 3. The van der Waals surface area contributed by atoms with Crippen LogP contribution < -0.4 is 10.6 Å². The number of amides is 1. The molecule has 1 unspecified atom stereocenters. The molecule has 1 fully saturated rings. The van der Waals surface area contributed by atoms with Gasteiger partial charge in [-0.15, -0.1) is 0 Å². The number of nitrogens with two attached hydrogens (primary N) is 1. The van der Waals surface area contributed by atoms with Gasteiger partial charge in [0.25, 0.3) is 0 Å². The quantitative estimate of drug-likeness (QED) is 0.915. The molecular formula is C16H22N2O2. The lowest BCUT2D eigenvalue weighted by molar-refractivity contribution is -0.131. The van der Waals surface area contributed by atoms with E-state index < -0.39 is 0 Å². The van der Waals surface area contributed by atoms with Crippen molar-refractivity contribution in [3.63, 3.8) is 0 Å². The molecule has 0 radical (unpaired) electrons. The first-order chi connectivity index (χ1) is 9.63. The Hall–Kier alpha value is -1.39. The average molecular weight is 274 g/mol. The molecule has 0 bridgehead atoms. The summed E-state index contributed by atoms with van der Waals surface area (Å²) < 4.78 is 5.57. The van der Waals surface area contributed by atoms with E-state index in [4.69, 9.17) is 10.5 Å². The van der Waals surface area contributed by atoms with Crippen molar-refractivity contribution in [3.8, 4) is 0 Å². The molecule has 1 atom stereocenters. The molecule has 2 aliphatic rings. The molecule has 3 rings (SSSR count). The molecule has 0 spiro atoms. The third kappa shape index (κ3) is 2.34. The summed E-state index contributed by atoms with van der Waals surface area (Å²) in [6.07, 6.45) is 4.42. The van der Waals surface area contributed by atoms with Crippen molar-refractivity contribution < 1.29 is 9.53 Å². The minimum atomic E-state index is -0.229. The average Bonchev–Trinajstić information content (AvgIpc) is 2.41. The number of rotatable bonds is 3. The molecule has 2 N–H and O–H groups in total. The van der Waals surface area contributed by atoms with Gasteiger partial charge in [0.2, 0.25) is 5.91 Å². The third-order valence-corrected chi connectivity index (χ3v) is 4.65. The number of nitrogens with zero attached hydrogens (tertiary/aromatic N) is 1. The molecule has 1 aliphatic carbocycles. The van der Waals surface area contributed by atoms with E-state index in [1.165, 1.54) is 5.56 Å². The highest BCUT2D eigenvalue weighted by molar-refractivity contribution is 5.95. The van der Waals surface area contributed by atoms with Gasteiger partial charge in [0.15, 0.2) is 0 Å². The summed E-state index contributed by atoms with van der Waals surface area (Å²) in [5, 5.41) is 0. The lowest BCUT2D eigenvalue weighted by Gasteiger charge is -2.42. The Kier molecular flexibility index (Phi) is 3.52. The SMILES string of the molecule is COC1(CC(=O)N2CC(N)Cc3ccccc32)CCC1. The Balaban J connectivity index is 1.81. The second kappa shape index (κ2) is 5.19. The van der Waals surface area contributed by atoms with Crippen LogP contribution in [0.1, 0.15) is 31.2 Å². The van der Waals surface area contributed by atoms with Crippen molar-refractivity contribution in [2.75, 3.05) is 18.6 Å². The molecule has 0 saturated heterocycles. The number of hydrogen-bond donors (Lipinski definition) is 1. The smallest absolute Gasteiger partial charge is 0.229 e. The van der Waals surface area contributed by atoms with Gasteiger partial charge < -0.3 is 15.4 Å². The van der Waals surface area contributed by atoms with Crippen molar-refractivity contribution >= 4 is 11.6 Å². The van der Waals surface area contributed by atoms with E-state index in [-0.39, 0.29) is 17.6 Å². The number of carbonyl (C=O) groups excluding carboxylic acids is 1. The van der Waals surface area contributed by atoms with Crippen LogP contribution in [0, 0.1) is 0 Å². The third-order valence-electron chi connectivity index (χ3n) is 4.65. The first kappa shape index (κ1) is 13.6. The molecule has 1 amide bonds. The first-order valence-electron chi connectivity index (χ1n) is 7.32. The summed E-state index contributed by atoms with van der Waals surface area (Å²) in [6.45, 7) is 0.607. The number of carbonyl (C=O) groups is 1. The summed E-state index contributed by atoms with van der Waals surface area (Å²) in [5.74, 6) is 0.133. The Bertz CT molecular complexity index is 505. The predicted octanol–water partition coefficient (Wildman–Crippen LogP) is 1.86. The molecule has 20 heavy (non-hydrogen) atoms. The maximum absolute atomic E-state index is 12.7. The Morgan fingerprint density at radius 3 is 2.85 bits per heavy atom. The van der Waals surface area contributed by atoms with Gasteiger partial charge >= 0.3 is 0 Å². The molecule has 108 valence electrons. The zero-order valence-electron chi connectivity index (χ0n) is 12.0. The monoisotopic (exact) mass is 274 g/mol. The Morgan fingerprint density at radius 1 is 1.45 bits per heavy atom. The zero-order valence-corrected chi connectivity index (χ0v) is 12.0. The fourth-order valence-electron chi connectivity index (χ4n) is 3.26. The number of benzene rings is 1. The molecule has 4 heteroatoms. The fraction of sp³-hybridized carbons (Fsp3) is 0.562. The van der Waals surface area contributed by atoms with Crippen LogP contribution in [0.5, 0.6) is 0 Å². The standard InChI is InChI=1S/C16H22N2O2/c1-20-16(7-4-8-16)10-15(19)18-11-13(17)9-12-5-2-3-6-14(12)18/h2-3,5-6,13H,4,7-11,17H2,1H3. The van der Waals surface area contributed by atoms with Crippen LogP contribution in [0.4, 0.5) is 5.69 Å². The van der Waals surface area contributed by atoms with Crippen LogP contribution in [-0.4, -0.2) is 31.2 Å². The summed E-state index contributed by atoms with van der Waals surface area (Å²) in [5.41, 5.74) is 8.05. The van der Waals surface area contributed by atoms with Crippen LogP contribution >= 0.6 is 0 Å². The number of para-hydroxylation sites is 1. The highest BCUT2D eigenvalue weighted by atomic mass is 16.5. The van der Waals surface area contributed by atoms with Gasteiger partial charge in [-0.3, -0.25) is 4.79 Å². The Morgan fingerprint density at radius 2 is 2.20 bits per heavy atom. The number of methoxy groups -OCH3 is 1. The highest BCUT2D eigenvalue weighted by Gasteiger charge is 2.41. The van der Waals surface area contributed by atoms with E-state index in [1.807, 2.05) is 23.1 Å². The maximum Gasteiger partial charge on any atom is 0.229 e. The molecular weight excluding hydrogens is 252 g/mol. The number of anilines is 1. The summed E-state index contributed by atoms with van der Waals surface area (Å²) >= 11 is 0. The van der Waals surface area contributed by atoms with Gasteiger partial charge in [0.05, 0.1) is 12.0 Å². The van der Waals surface area contributed by atoms with Crippen LogP contribution in [0.3, 0.4) is 0 Å². The van der Waals surface area contributed by atoms with Gasteiger partial charge in [-0.1, -0.05) is 18.2 Å². The number of fused-ring (bicyclic) bond motifs is 1. The van der Waals surface area contributed by atoms with E-state index in [0.717, 1.165) is 31.4 Å². The van der Waals surface area contributed by atoms with Crippen LogP contribution in [-0.2, 0) is 16.0 Å². The molecule has 1 saturated carbocycles. The minimum absolute atomic E-state index is 0.0220. The summed E-state index contributed by atoms with van der Waals surface area (Å²) in [7, 11) is 1.71. The van der Waals surface area contributed by atoms with Crippen molar-refractivity contribution in [1.82, 2.24) is 0 Å². The lowest BCUT2D eigenvalue weighted by Crippen LogP contribution is -2.50. The predicted molar refractivity (Wildman–Crippen MR) is 78.7 cm³/mol. The topological polar surface area (TPSA) is 55.6 Å². The van der Waals surface area contributed by atoms with E-state index >= 15 is 0 Å². The normalized spacial score (nSPS) is 23.9. The van der Waals surface area contributed by atoms with Crippen LogP contribution in [0.15, 0.2) is 24.3 Å². The van der Waals surface area contributed by atoms with E-state index in [1.54, 1.807) is 7.11 Å². The molecule has 1 aromatic rings. The van der Waals surface area contributed by atoms with Crippen LogP contribution in [0.2, 0.25) is 0 Å². The van der Waals surface area contributed by atoms with Crippen LogP contribution in [0.25, 0.3) is 0 Å². The molecule has 1 heterocycles. The van der Waals surface area contributed by atoms with Crippen molar-refractivity contribution in [1.29, 1.82) is 0 Å². The van der Waals surface area contributed by atoms with Gasteiger partial charge in [-0.25, -0.2) is 0 Å². The van der Waals surface area contributed by atoms with E-state index in [9.17, 15) is 4.79 Å². The van der Waals surface area contributed by atoms with Crippen molar-refractivity contribution in [2.24, 2.45) is 5.73 Å². The summed E-state index contributed by atoms with van der Waals surface area (Å²) in [6, 6.07) is 8.07. The molecule has 0 aromatic heterocycles. The molecule has 1 aromatic carbocycles. The minimum Gasteiger partial charge on any atom is -0.378 e. The number of ether oxygens (including phenoxy) is 1. The largest absolute Gasteiger partial charge is 0.378 e. The van der Waals surface area contributed by atoms with Gasteiger partial charge in [-0.2, -0.15) is 0 Å². The summed E-state index contributed by atoms with van der Waals surface area (Å²) in [4.78, 5) is 14.5. The first-order valence-corrected chi connectivity index (χ1v) is 7.32. The molecule has 1 aliphatic heterocycles. The second-order valence-electron chi connectivity index (χ2n) is 6.01. The second-order valence-corrected chi connectivity index (χ2v) is 6.01. The van der Waals surface area contributed by atoms with Gasteiger partial charge in [0.1, 0.15) is 0 Å². The molecule has 4 nitrogen and oxygen atoms in total. The fourth-order valence-corrected chi connectivity index (χ4v) is 3.26. The highest BCUT2D eigenvalue weighted by Crippen LogP contribution is 2.39. The van der Waals surface area contributed by atoms with Crippen molar-refractivity contribution in [3.05, 3.63) is 29.8 Å². The van der Waals surface area contributed by atoms with Gasteiger partial charge in [0, 0.05) is 25.4 Å². The maximum atomic E-state index is 12.7. The Labute approximate surface area is 119 Å². The van der Waals surface area contributed by atoms with E-state index in [2.05, 4.69) is 6.07 Å². The lowest BCUT2D eigenvalue weighted by atomic mass is 9.77. The van der Waals surface area contributed by atoms with Crippen molar-refractivity contribution in [2.45, 2.75) is 43.7 Å².